The maximum absolute atomic E-state index is 2.42. The first-order valence-electron chi connectivity index (χ1n) is 8.70. The van der Waals surface area contributed by atoms with Gasteiger partial charge in [-0.2, -0.15) is 4.57 Å². The summed E-state index contributed by atoms with van der Waals surface area (Å²) in [6, 6.07) is 11.0. The standard InChI is InChI=1S/C20H30N/c1-3-4-5-6-7-8-9-12-16-21-17-15-18(2)19-13-10-11-14-20(19)21/h10-11,13-15,17H,3-9,12,16H2,1-2H3/q+1. The van der Waals surface area contributed by atoms with Gasteiger partial charge in [0.05, 0.1) is 0 Å². The maximum Gasteiger partial charge on any atom is 0.212 e. The van der Waals surface area contributed by atoms with Gasteiger partial charge >= 0.3 is 0 Å². The molecule has 0 fully saturated rings. The first-order chi connectivity index (χ1) is 10.3. The molecule has 1 aromatic carbocycles. The van der Waals surface area contributed by atoms with Crippen molar-refractivity contribution in [3.8, 4) is 0 Å². The van der Waals surface area contributed by atoms with E-state index in [-0.39, 0.29) is 0 Å². The van der Waals surface area contributed by atoms with E-state index in [2.05, 4.69) is 54.9 Å². The predicted molar refractivity (Wildman–Crippen MR) is 91.5 cm³/mol. The topological polar surface area (TPSA) is 3.88 Å². The minimum Gasteiger partial charge on any atom is -0.198 e. The van der Waals surface area contributed by atoms with Gasteiger partial charge in [-0.3, -0.25) is 0 Å². The Bertz CT molecular complexity index is 545. The van der Waals surface area contributed by atoms with Crippen molar-refractivity contribution in [2.45, 2.75) is 71.8 Å². The van der Waals surface area contributed by atoms with Gasteiger partial charge in [-0.1, -0.05) is 57.6 Å². The van der Waals surface area contributed by atoms with Crippen molar-refractivity contribution < 1.29 is 4.57 Å². The SMILES string of the molecule is CCCCCCCCCC[n+]1ccc(C)c2ccccc21. The van der Waals surface area contributed by atoms with Crippen molar-refractivity contribution in [1.82, 2.24) is 0 Å². The van der Waals surface area contributed by atoms with E-state index >= 15 is 0 Å². The van der Waals surface area contributed by atoms with Gasteiger partial charge in [0, 0.05) is 23.9 Å². The van der Waals surface area contributed by atoms with Crippen molar-refractivity contribution in [2.75, 3.05) is 0 Å². The molecule has 0 radical (unpaired) electrons. The number of pyridine rings is 1. The summed E-state index contributed by atoms with van der Waals surface area (Å²) in [4.78, 5) is 0. The first kappa shape index (κ1) is 16.0. The number of aryl methyl sites for hydroxylation is 2. The van der Waals surface area contributed by atoms with Crippen molar-refractivity contribution >= 4 is 10.9 Å². The Labute approximate surface area is 130 Å². The van der Waals surface area contributed by atoms with Crippen LogP contribution in [0, 0.1) is 6.92 Å². The summed E-state index contributed by atoms with van der Waals surface area (Å²) in [7, 11) is 0. The minimum absolute atomic E-state index is 1.15. The molecule has 0 saturated carbocycles. The summed E-state index contributed by atoms with van der Waals surface area (Å²) in [6.45, 7) is 5.63. The van der Waals surface area contributed by atoms with E-state index in [1.165, 1.54) is 67.8 Å². The quantitative estimate of drug-likeness (QED) is 0.418. The summed E-state index contributed by atoms with van der Waals surface area (Å²) < 4.78 is 2.42. The zero-order valence-corrected chi connectivity index (χ0v) is 13.8. The van der Waals surface area contributed by atoms with Gasteiger partial charge < -0.3 is 0 Å². The van der Waals surface area contributed by atoms with Crippen LogP contribution in [0.2, 0.25) is 0 Å². The largest absolute Gasteiger partial charge is 0.212 e. The monoisotopic (exact) mass is 284 g/mol. The van der Waals surface area contributed by atoms with Crippen molar-refractivity contribution in [3.05, 3.63) is 42.1 Å². The summed E-state index contributed by atoms with van der Waals surface area (Å²) >= 11 is 0. The van der Waals surface area contributed by atoms with Crippen LogP contribution in [-0.2, 0) is 6.54 Å². The second-order valence-corrected chi connectivity index (χ2v) is 6.18. The van der Waals surface area contributed by atoms with E-state index in [9.17, 15) is 0 Å². The number of unbranched alkanes of at least 4 members (excludes halogenated alkanes) is 7. The van der Waals surface area contributed by atoms with Crippen LogP contribution in [-0.4, -0.2) is 0 Å². The Morgan fingerprint density at radius 1 is 0.810 bits per heavy atom. The van der Waals surface area contributed by atoms with Gasteiger partial charge in [-0.15, -0.1) is 0 Å². The van der Waals surface area contributed by atoms with E-state index in [1.54, 1.807) is 0 Å². The van der Waals surface area contributed by atoms with Crippen molar-refractivity contribution in [3.63, 3.8) is 0 Å². The summed E-state index contributed by atoms with van der Waals surface area (Å²) in [5.74, 6) is 0. The Balaban J connectivity index is 1.78. The zero-order chi connectivity index (χ0) is 14.9. The lowest BCUT2D eigenvalue weighted by Crippen LogP contribution is -2.34. The van der Waals surface area contributed by atoms with Crippen LogP contribution in [0.5, 0.6) is 0 Å². The second-order valence-electron chi connectivity index (χ2n) is 6.18. The molecule has 0 amide bonds. The van der Waals surface area contributed by atoms with Gasteiger partial charge in [-0.25, -0.2) is 0 Å². The molecule has 2 aromatic rings. The lowest BCUT2D eigenvalue weighted by atomic mass is 10.1. The maximum atomic E-state index is 2.42. The highest BCUT2D eigenvalue weighted by Crippen LogP contribution is 2.14. The van der Waals surface area contributed by atoms with Gasteiger partial charge in [0.1, 0.15) is 6.54 Å². The molecular formula is C20H30N+. The van der Waals surface area contributed by atoms with Crippen LogP contribution < -0.4 is 4.57 Å². The number of hydrogen-bond acceptors (Lipinski definition) is 0. The molecule has 2 rings (SSSR count). The number of hydrogen-bond donors (Lipinski definition) is 0. The highest BCUT2D eigenvalue weighted by atomic mass is 14.9. The first-order valence-corrected chi connectivity index (χ1v) is 8.70. The van der Waals surface area contributed by atoms with Crippen LogP contribution in [0.25, 0.3) is 10.9 Å². The summed E-state index contributed by atoms with van der Waals surface area (Å²) in [6.07, 6.45) is 13.3. The fourth-order valence-electron chi connectivity index (χ4n) is 3.04. The fourth-order valence-corrected chi connectivity index (χ4v) is 3.04. The molecule has 0 saturated heterocycles. The number of para-hydroxylation sites is 1. The molecule has 1 heterocycles. The third-order valence-electron chi connectivity index (χ3n) is 4.40. The smallest absolute Gasteiger partial charge is 0.198 e. The molecule has 0 unspecified atom stereocenters. The van der Waals surface area contributed by atoms with Gasteiger partial charge in [0.25, 0.3) is 0 Å². The minimum atomic E-state index is 1.15. The number of fused-ring (bicyclic) bond motifs is 1. The second kappa shape index (κ2) is 8.81. The molecule has 0 bridgehead atoms. The molecule has 1 nitrogen and oxygen atoms in total. The van der Waals surface area contributed by atoms with Crippen molar-refractivity contribution in [1.29, 1.82) is 0 Å². The molecule has 0 atom stereocenters. The lowest BCUT2D eigenvalue weighted by Gasteiger charge is -2.04. The molecular weight excluding hydrogens is 254 g/mol. The van der Waals surface area contributed by atoms with Crippen LogP contribution in [0.4, 0.5) is 0 Å². The third kappa shape index (κ3) is 4.84. The molecule has 21 heavy (non-hydrogen) atoms. The van der Waals surface area contributed by atoms with Crippen LogP contribution in [0.15, 0.2) is 36.5 Å². The van der Waals surface area contributed by atoms with Crippen LogP contribution in [0.1, 0.15) is 63.9 Å². The normalized spacial score (nSPS) is 11.1. The molecule has 0 aliphatic heterocycles. The summed E-state index contributed by atoms with van der Waals surface area (Å²) in [5, 5.41) is 1.39. The molecule has 0 aliphatic carbocycles. The number of rotatable bonds is 9. The number of nitrogens with zero attached hydrogens (tertiary/aromatic N) is 1. The number of benzene rings is 1. The van der Waals surface area contributed by atoms with Crippen LogP contribution in [0.3, 0.4) is 0 Å². The molecule has 0 spiro atoms. The Morgan fingerprint density at radius 2 is 1.48 bits per heavy atom. The molecule has 1 aromatic heterocycles. The average molecular weight is 284 g/mol. The number of aromatic nitrogens is 1. The molecule has 1 heteroatoms. The van der Waals surface area contributed by atoms with E-state index in [4.69, 9.17) is 0 Å². The lowest BCUT2D eigenvalue weighted by molar-refractivity contribution is -0.671. The van der Waals surface area contributed by atoms with Gasteiger partial charge in [0.15, 0.2) is 6.20 Å². The fraction of sp³-hybridized carbons (Fsp3) is 0.550. The zero-order valence-electron chi connectivity index (χ0n) is 13.8. The van der Waals surface area contributed by atoms with Crippen molar-refractivity contribution in [2.24, 2.45) is 0 Å². The Hall–Kier alpha value is -1.37. The van der Waals surface area contributed by atoms with Crippen LogP contribution >= 0.6 is 0 Å². The summed E-state index contributed by atoms with van der Waals surface area (Å²) in [5.41, 5.74) is 2.75. The molecule has 0 N–H and O–H groups in total. The van der Waals surface area contributed by atoms with E-state index in [0.717, 1.165) is 6.54 Å². The Kier molecular flexibility index (Phi) is 6.72. The van der Waals surface area contributed by atoms with E-state index in [1.807, 2.05) is 0 Å². The predicted octanol–water partition coefficient (Wildman–Crippen LogP) is 5.58. The highest BCUT2D eigenvalue weighted by Gasteiger charge is 2.09. The van der Waals surface area contributed by atoms with Gasteiger partial charge in [-0.05, 0) is 25.0 Å². The molecule has 114 valence electrons. The third-order valence-corrected chi connectivity index (χ3v) is 4.40. The van der Waals surface area contributed by atoms with E-state index < -0.39 is 0 Å². The molecule has 0 aliphatic rings. The van der Waals surface area contributed by atoms with E-state index in [0.29, 0.717) is 0 Å². The Morgan fingerprint density at radius 3 is 2.24 bits per heavy atom. The average Bonchev–Trinajstić information content (AvgIpc) is 2.52. The highest BCUT2D eigenvalue weighted by molar-refractivity contribution is 5.78. The van der Waals surface area contributed by atoms with Gasteiger partial charge in [0.2, 0.25) is 5.52 Å².